The number of hydrogen-bond donors (Lipinski definition) is 3. The van der Waals surface area contributed by atoms with E-state index in [0.29, 0.717) is 6.54 Å². The first-order valence-corrected chi connectivity index (χ1v) is 6.37. The summed E-state index contributed by atoms with van der Waals surface area (Å²) in [5.74, 6) is 0. The van der Waals surface area contributed by atoms with Gasteiger partial charge in [-0.25, -0.2) is 0 Å². The predicted molar refractivity (Wildman–Crippen MR) is 69.9 cm³/mol. The van der Waals surface area contributed by atoms with Gasteiger partial charge in [0.2, 0.25) is 0 Å². The molecule has 17 heavy (non-hydrogen) atoms. The van der Waals surface area contributed by atoms with E-state index in [0.717, 1.165) is 32.5 Å². The van der Waals surface area contributed by atoms with Gasteiger partial charge in [0.25, 0.3) is 0 Å². The van der Waals surface area contributed by atoms with Gasteiger partial charge in [0, 0.05) is 13.1 Å². The van der Waals surface area contributed by atoms with Crippen LogP contribution in [-0.2, 0) is 6.54 Å². The number of aryl methyl sites for hydroxylation is 1. The average molecular weight is 234 g/mol. The molecule has 1 fully saturated rings. The highest BCUT2D eigenvalue weighted by molar-refractivity contribution is 5.21. The van der Waals surface area contributed by atoms with Crippen molar-refractivity contribution in [2.45, 2.75) is 31.9 Å². The minimum absolute atomic E-state index is 0.519. The van der Waals surface area contributed by atoms with Gasteiger partial charge in [-0.15, -0.1) is 0 Å². The van der Waals surface area contributed by atoms with Crippen LogP contribution in [-0.4, -0.2) is 30.3 Å². The molecule has 0 unspecified atom stereocenters. The number of nitrogens with one attached hydrogen (secondary N) is 2. The van der Waals surface area contributed by atoms with Gasteiger partial charge in [0.05, 0.1) is 5.60 Å². The molecule has 1 saturated heterocycles. The molecule has 94 valence electrons. The van der Waals surface area contributed by atoms with E-state index in [9.17, 15) is 5.11 Å². The maximum atomic E-state index is 10.3. The third-order valence-corrected chi connectivity index (χ3v) is 3.40. The molecule has 0 atom stereocenters. The van der Waals surface area contributed by atoms with Crippen LogP contribution in [0.15, 0.2) is 24.3 Å². The monoisotopic (exact) mass is 234 g/mol. The van der Waals surface area contributed by atoms with Crippen molar-refractivity contribution in [3.63, 3.8) is 0 Å². The summed E-state index contributed by atoms with van der Waals surface area (Å²) < 4.78 is 0. The van der Waals surface area contributed by atoms with Crippen molar-refractivity contribution in [2.24, 2.45) is 0 Å². The van der Waals surface area contributed by atoms with E-state index in [1.165, 1.54) is 11.1 Å². The maximum Gasteiger partial charge on any atom is 0.0795 e. The van der Waals surface area contributed by atoms with E-state index in [-0.39, 0.29) is 0 Å². The molecule has 0 saturated carbocycles. The second-order valence-corrected chi connectivity index (χ2v) is 5.07. The number of hydrogen-bond acceptors (Lipinski definition) is 3. The highest BCUT2D eigenvalue weighted by atomic mass is 16.3. The highest BCUT2D eigenvalue weighted by Gasteiger charge is 2.28. The van der Waals surface area contributed by atoms with Crippen molar-refractivity contribution in [1.29, 1.82) is 0 Å². The van der Waals surface area contributed by atoms with E-state index < -0.39 is 5.60 Å². The lowest BCUT2D eigenvalue weighted by molar-refractivity contribution is 0.0109. The molecular weight excluding hydrogens is 212 g/mol. The lowest BCUT2D eigenvalue weighted by Crippen LogP contribution is -2.48. The van der Waals surface area contributed by atoms with Crippen molar-refractivity contribution in [1.82, 2.24) is 10.6 Å². The molecule has 0 amide bonds. The van der Waals surface area contributed by atoms with Gasteiger partial charge in [-0.3, -0.25) is 0 Å². The summed E-state index contributed by atoms with van der Waals surface area (Å²) in [5, 5.41) is 16.9. The fourth-order valence-electron chi connectivity index (χ4n) is 2.33. The summed E-state index contributed by atoms with van der Waals surface area (Å²) in [6, 6.07) is 8.47. The lowest BCUT2D eigenvalue weighted by atomic mass is 9.92. The topological polar surface area (TPSA) is 44.3 Å². The highest BCUT2D eigenvalue weighted by Crippen LogP contribution is 2.16. The Bertz CT molecular complexity index is 359. The van der Waals surface area contributed by atoms with Gasteiger partial charge < -0.3 is 15.7 Å². The molecule has 2 rings (SSSR count). The molecule has 0 aromatic heterocycles. The number of benzene rings is 1. The quantitative estimate of drug-likeness (QED) is 0.733. The van der Waals surface area contributed by atoms with Gasteiger partial charge in [-0.2, -0.15) is 0 Å². The van der Waals surface area contributed by atoms with Crippen LogP contribution in [0, 0.1) is 6.92 Å². The second kappa shape index (κ2) is 5.63. The smallest absolute Gasteiger partial charge is 0.0795 e. The molecule has 1 aliphatic rings. The van der Waals surface area contributed by atoms with E-state index in [2.05, 4.69) is 41.8 Å². The van der Waals surface area contributed by atoms with Crippen LogP contribution in [0.4, 0.5) is 0 Å². The molecule has 1 aliphatic heterocycles. The Labute approximate surface area is 103 Å². The first-order valence-electron chi connectivity index (χ1n) is 6.37. The Hall–Kier alpha value is -0.900. The standard InChI is InChI=1S/C14H22N2O/c1-12-3-2-4-13(9-12)10-16-11-14(17)5-7-15-8-6-14/h2-4,9,15-17H,5-8,10-11H2,1H3. The number of rotatable bonds is 4. The predicted octanol–water partition coefficient (Wildman–Crippen LogP) is 1.20. The largest absolute Gasteiger partial charge is 0.388 e. The zero-order valence-electron chi connectivity index (χ0n) is 10.5. The Kier molecular flexibility index (Phi) is 4.15. The van der Waals surface area contributed by atoms with E-state index in [1.54, 1.807) is 0 Å². The fourth-order valence-corrected chi connectivity index (χ4v) is 2.33. The summed E-state index contributed by atoms with van der Waals surface area (Å²) in [6.45, 7) is 5.45. The van der Waals surface area contributed by atoms with Crippen LogP contribution in [0.25, 0.3) is 0 Å². The first kappa shape index (κ1) is 12.6. The minimum atomic E-state index is -0.519. The van der Waals surface area contributed by atoms with E-state index in [4.69, 9.17) is 0 Å². The van der Waals surface area contributed by atoms with Crippen molar-refractivity contribution in [2.75, 3.05) is 19.6 Å². The van der Waals surface area contributed by atoms with E-state index >= 15 is 0 Å². The van der Waals surface area contributed by atoms with Crippen LogP contribution in [0.3, 0.4) is 0 Å². The summed E-state index contributed by atoms with van der Waals surface area (Å²) in [6.07, 6.45) is 1.68. The van der Waals surface area contributed by atoms with Crippen molar-refractivity contribution < 1.29 is 5.11 Å². The van der Waals surface area contributed by atoms with Crippen LogP contribution >= 0.6 is 0 Å². The summed E-state index contributed by atoms with van der Waals surface area (Å²) >= 11 is 0. The average Bonchev–Trinajstić information content (AvgIpc) is 2.30. The Morgan fingerprint density at radius 1 is 1.35 bits per heavy atom. The molecular formula is C14H22N2O. The van der Waals surface area contributed by atoms with Gasteiger partial charge in [0.1, 0.15) is 0 Å². The zero-order chi connectivity index (χ0) is 12.1. The molecule has 1 aromatic carbocycles. The Morgan fingerprint density at radius 2 is 2.12 bits per heavy atom. The molecule has 1 aromatic rings. The summed E-state index contributed by atoms with van der Waals surface area (Å²) in [4.78, 5) is 0. The first-order chi connectivity index (χ1) is 8.18. The molecule has 0 aliphatic carbocycles. The van der Waals surface area contributed by atoms with E-state index in [1.807, 2.05) is 0 Å². The number of aliphatic hydroxyl groups is 1. The molecule has 1 heterocycles. The van der Waals surface area contributed by atoms with Gasteiger partial charge in [-0.05, 0) is 38.4 Å². The zero-order valence-corrected chi connectivity index (χ0v) is 10.5. The SMILES string of the molecule is Cc1cccc(CNCC2(O)CCNCC2)c1. The molecule has 0 bridgehead atoms. The molecule has 0 spiro atoms. The normalized spacial score (nSPS) is 19.2. The van der Waals surface area contributed by atoms with Crippen LogP contribution in [0.5, 0.6) is 0 Å². The minimum Gasteiger partial charge on any atom is -0.388 e. The number of piperidine rings is 1. The summed E-state index contributed by atoms with van der Waals surface area (Å²) in [5.41, 5.74) is 2.04. The molecule has 3 heteroatoms. The lowest BCUT2D eigenvalue weighted by Gasteiger charge is -2.32. The van der Waals surface area contributed by atoms with Crippen LogP contribution in [0.2, 0.25) is 0 Å². The third-order valence-electron chi connectivity index (χ3n) is 3.40. The fraction of sp³-hybridized carbons (Fsp3) is 0.571. The van der Waals surface area contributed by atoms with Crippen molar-refractivity contribution in [3.05, 3.63) is 35.4 Å². The van der Waals surface area contributed by atoms with Crippen LogP contribution in [0.1, 0.15) is 24.0 Å². The third kappa shape index (κ3) is 3.80. The molecule has 0 radical (unpaired) electrons. The van der Waals surface area contributed by atoms with Crippen molar-refractivity contribution >= 4 is 0 Å². The second-order valence-electron chi connectivity index (χ2n) is 5.07. The maximum absolute atomic E-state index is 10.3. The van der Waals surface area contributed by atoms with Crippen LogP contribution < -0.4 is 10.6 Å². The van der Waals surface area contributed by atoms with Gasteiger partial charge >= 0.3 is 0 Å². The Balaban J connectivity index is 1.79. The van der Waals surface area contributed by atoms with Gasteiger partial charge in [0.15, 0.2) is 0 Å². The van der Waals surface area contributed by atoms with Crippen molar-refractivity contribution in [3.8, 4) is 0 Å². The molecule has 3 nitrogen and oxygen atoms in total. The molecule has 3 N–H and O–H groups in total. The summed E-state index contributed by atoms with van der Waals surface area (Å²) in [7, 11) is 0. The van der Waals surface area contributed by atoms with Gasteiger partial charge in [-0.1, -0.05) is 29.8 Å². The Morgan fingerprint density at radius 3 is 2.82 bits per heavy atom.